The van der Waals surface area contributed by atoms with E-state index in [4.69, 9.17) is 0 Å². The minimum absolute atomic E-state index is 0.203. The molecule has 2 aromatic rings. The second kappa shape index (κ2) is 6.92. The Kier molecular flexibility index (Phi) is 4.73. The van der Waals surface area contributed by atoms with Crippen LogP contribution >= 0.6 is 15.9 Å². The molecule has 0 aliphatic heterocycles. The van der Waals surface area contributed by atoms with Gasteiger partial charge in [-0.25, -0.2) is 4.98 Å². The Labute approximate surface area is 138 Å². The van der Waals surface area contributed by atoms with Gasteiger partial charge in [-0.15, -0.1) is 0 Å². The van der Waals surface area contributed by atoms with Crippen molar-refractivity contribution in [3.8, 4) is 0 Å². The molecule has 0 radical (unpaired) electrons. The van der Waals surface area contributed by atoms with Gasteiger partial charge in [0.25, 0.3) is 5.91 Å². The van der Waals surface area contributed by atoms with E-state index < -0.39 is 0 Å². The highest BCUT2D eigenvalue weighted by Crippen LogP contribution is 2.22. The molecule has 1 aromatic heterocycles. The first-order valence-corrected chi connectivity index (χ1v) is 8.29. The zero-order valence-corrected chi connectivity index (χ0v) is 13.8. The van der Waals surface area contributed by atoms with Gasteiger partial charge in [0.05, 0.1) is 11.9 Å². The molecule has 3 rings (SSSR count). The Hall–Kier alpha value is -1.88. The van der Waals surface area contributed by atoms with Crippen LogP contribution in [0.1, 0.15) is 36.2 Å². The molecule has 2 N–H and O–H groups in total. The van der Waals surface area contributed by atoms with Gasteiger partial charge in [0.2, 0.25) is 0 Å². The fourth-order valence-electron chi connectivity index (χ4n) is 2.68. The lowest BCUT2D eigenvalue weighted by Crippen LogP contribution is -2.16. The molecule has 5 heteroatoms. The van der Waals surface area contributed by atoms with E-state index in [2.05, 4.69) is 31.5 Å². The molecule has 1 aliphatic rings. The van der Waals surface area contributed by atoms with Crippen LogP contribution in [0.15, 0.2) is 47.1 Å². The van der Waals surface area contributed by atoms with Crippen LogP contribution in [-0.2, 0) is 0 Å². The number of hydrogen-bond acceptors (Lipinski definition) is 3. The smallest absolute Gasteiger partial charge is 0.274 e. The van der Waals surface area contributed by atoms with E-state index in [1.807, 2.05) is 30.3 Å². The Bertz CT molecular complexity index is 651. The van der Waals surface area contributed by atoms with Gasteiger partial charge in [-0.2, -0.15) is 0 Å². The van der Waals surface area contributed by atoms with E-state index in [9.17, 15) is 4.79 Å². The number of nitrogens with one attached hydrogen (secondary N) is 2. The first-order valence-electron chi connectivity index (χ1n) is 7.50. The van der Waals surface area contributed by atoms with Crippen molar-refractivity contribution in [2.24, 2.45) is 0 Å². The molecule has 114 valence electrons. The highest BCUT2D eigenvalue weighted by molar-refractivity contribution is 9.10. The Morgan fingerprint density at radius 1 is 1.14 bits per heavy atom. The molecule has 0 saturated heterocycles. The first-order chi connectivity index (χ1) is 10.7. The van der Waals surface area contributed by atoms with Crippen molar-refractivity contribution >= 4 is 33.2 Å². The summed E-state index contributed by atoms with van der Waals surface area (Å²) in [6.45, 7) is 0. The Morgan fingerprint density at radius 3 is 2.64 bits per heavy atom. The zero-order valence-electron chi connectivity index (χ0n) is 12.2. The molecule has 0 bridgehead atoms. The van der Waals surface area contributed by atoms with Gasteiger partial charge in [0, 0.05) is 16.2 Å². The number of halogens is 1. The molecule has 1 saturated carbocycles. The lowest BCUT2D eigenvalue weighted by Gasteiger charge is -2.13. The van der Waals surface area contributed by atoms with Crippen LogP contribution in [0.25, 0.3) is 0 Å². The lowest BCUT2D eigenvalue weighted by molar-refractivity contribution is 0.102. The molecule has 1 fully saturated rings. The molecule has 0 atom stereocenters. The third kappa shape index (κ3) is 3.85. The Balaban J connectivity index is 1.63. The van der Waals surface area contributed by atoms with Gasteiger partial charge < -0.3 is 10.6 Å². The number of amides is 1. The van der Waals surface area contributed by atoms with E-state index >= 15 is 0 Å². The van der Waals surface area contributed by atoms with Crippen LogP contribution in [0.5, 0.6) is 0 Å². The number of hydrogen-bond donors (Lipinski definition) is 2. The molecular weight excluding hydrogens is 342 g/mol. The summed E-state index contributed by atoms with van der Waals surface area (Å²) in [5.41, 5.74) is 2.14. The van der Waals surface area contributed by atoms with Crippen LogP contribution in [0.2, 0.25) is 0 Å². The number of carbonyl (C=O) groups excluding carboxylic acids is 1. The lowest BCUT2D eigenvalue weighted by atomic mass is 10.2. The standard InChI is InChI=1S/C17H18BrN3O/c18-12-4-3-7-14(10-12)21-17(22)16-9-8-15(11-19-16)20-13-5-1-2-6-13/h3-4,7-11,13,20H,1-2,5-6H2,(H,21,22). The monoisotopic (exact) mass is 359 g/mol. The fourth-order valence-corrected chi connectivity index (χ4v) is 3.08. The number of benzene rings is 1. The summed E-state index contributed by atoms with van der Waals surface area (Å²) in [6.07, 6.45) is 6.74. The van der Waals surface area contributed by atoms with E-state index in [1.54, 1.807) is 12.3 Å². The van der Waals surface area contributed by atoms with Gasteiger partial charge in [0.15, 0.2) is 0 Å². The van der Waals surface area contributed by atoms with Crippen molar-refractivity contribution < 1.29 is 4.79 Å². The summed E-state index contributed by atoms with van der Waals surface area (Å²) in [7, 11) is 0. The quantitative estimate of drug-likeness (QED) is 0.847. The number of anilines is 2. The largest absolute Gasteiger partial charge is 0.381 e. The van der Waals surface area contributed by atoms with Crippen LogP contribution < -0.4 is 10.6 Å². The van der Waals surface area contributed by atoms with Gasteiger partial charge in [-0.3, -0.25) is 4.79 Å². The molecule has 1 heterocycles. The van der Waals surface area contributed by atoms with Gasteiger partial charge in [-0.1, -0.05) is 34.8 Å². The third-order valence-corrected chi connectivity index (χ3v) is 4.30. The molecule has 4 nitrogen and oxygen atoms in total. The number of carbonyl (C=O) groups is 1. The van der Waals surface area contributed by atoms with Crippen LogP contribution in [-0.4, -0.2) is 16.9 Å². The second-order valence-corrected chi connectivity index (χ2v) is 6.44. The minimum Gasteiger partial charge on any atom is -0.381 e. The maximum atomic E-state index is 12.2. The molecular formula is C17H18BrN3O. The number of aromatic nitrogens is 1. The van der Waals surface area contributed by atoms with Crippen molar-refractivity contribution in [1.82, 2.24) is 4.98 Å². The Morgan fingerprint density at radius 2 is 1.95 bits per heavy atom. The minimum atomic E-state index is -0.203. The summed E-state index contributed by atoms with van der Waals surface area (Å²) in [6, 6.07) is 11.7. The van der Waals surface area contributed by atoms with Crippen LogP contribution in [0.3, 0.4) is 0 Å². The predicted octanol–water partition coefficient (Wildman–Crippen LogP) is 4.45. The summed E-state index contributed by atoms with van der Waals surface area (Å²) in [4.78, 5) is 16.4. The van der Waals surface area contributed by atoms with Crippen molar-refractivity contribution in [1.29, 1.82) is 0 Å². The van der Waals surface area contributed by atoms with E-state index in [0.29, 0.717) is 11.7 Å². The molecule has 1 aromatic carbocycles. The van der Waals surface area contributed by atoms with Crippen LogP contribution in [0, 0.1) is 0 Å². The van der Waals surface area contributed by atoms with Crippen LogP contribution in [0.4, 0.5) is 11.4 Å². The SMILES string of the molecule is O=C(Nc1cccc(Br)c1)c1ccc(NC2CCCC2)cn1. The van der Waals surface area contributed by atoms with E-state index in [1.165, 1.54) is 25.7 Å². The maximum absolute atomic E-state index is 12.2. The number of pyridine rings is 1. The molecule has 22 heavy (non-hydrogen) atoms. The van der Waals surface area contributed by atoms with Crippen molar-refractivity contribution in [3.63, 3.8) is 0 Å². The average molecular weight is 360 g/mol. The topological polar surface area (TPSA) is 54.0 Å². The molecule has 0 unspecified atom stereocenters. The fraction of sp³-hybridized carbons (Fsp3) is 0.294. The van der Waals surface area contributed by atoms with Crippen molar-refractivity contribution in [2.75, 3.05) is 10.6 Å². The summed E-state index contributed by atoms with van der Waals surface area (Å²) in [5, 5.41) is 6.30. The first kappa shape index (κ1) is 15.0. The normalized spacial score (nSPS) is 14.8. The predicted molar refractivity (Wildman–Crippen MR) is 92.2 cm³/mol. The van der Waals surface area contributed by atoms with Crippen molar-refractivity contribution in [3.05, 3.63) is 52.8 Å². The zero-order chi connectivity index (χ0) is 15.4. The molecule has 1 amide bonds. The maximum Gasteiger partial charge on any atom is 0.274 e. The molecule has 0 spiro atoms. The van der Waals surface area contributed by atoms with Gasteiger partial charge >= 0.3 is 0 Å². The van der Waals surface area contributed by atoms with Gasteiger partial charge in [0.1, 0.15) is 5.69 Å². The third-order valence-electron chi connectivity index (χ3n) is 3.80. The number of rotatable bonds is 4. The summed E-state index contributed by atoms with van der Waals surface area (Å²) in [5.74, 6) is -0.203. The van der Waals surface area contributed by atoms with E-state index in [-0.39, 0.29) is 5.91 Å². The summed E-state index contributed by atoms with van der Waals surface area (Å²) >= 11 is 3.38. The highest BCUT2D eigenvalue weighted by atomic mass is 79.9. The highest BCUT2D eigenvalue weighted by Gasteiger charge is 2.15. The number of nitrogens with zero attached hydrogens (tertiary/aromatic N) is 1. The second-order valence-electron chi connectivity index (χ2n) is 5.52. The summed E-state index contributed by atoms with van der Waals surface area (Å²) < 4.78 is 0.925. The van der Waals surface area contributed by atoms with E-state index in [0.717, 1.165) is 15.8 Å². The average Bonchev–Trinajstić information content (AvgIpc) is 3.01. The molecule has 1 aliphatic carbocycles. The van der Waals surface area contributed by atoms with Gasteiger partial charge in [-0.05, 0) is 43.2 Å². The van der Waals surface area contributed by atoms with Crippen molar-refractivity contribution in [2.45, 2.75) is 31.7 Å².